The molecule has 3 rings (SSSR count). The highest BCUT2D eigenvalue weighted by molar-refractivity contribution is 7.14. The molecule has 0 radical (unpaired) electrons. The first-order valence-corrected chi connectivity index (χ1v) is 9.68. The highest BCUT2D eigenvalue weighted by Crippen LogP contribution is 2.38. The van der Waals surface area contributed by atoms with E-state index in [2.05, 4.69) is 44.5 Å². The van der Waals surface area contributed by atoms with Gasteiger partial charge in [-0.3, -0.25) is 4.99 Å². The predicted molar refractivity (Wildman–Crippen MR) is 110 cm³/mol. The van der Waals surface area contributed by atoms with E-state index in [-0.39, 0.29) is 0 Å². The molecule has 2 aromatic rings. The van der Waals surface area contributed by atoms with Gasteiger partial charge in [-0.25, -0.2) is 4.98 Å². The maximum absolute atomic E-state index is 8.81. The molecule has 140 valence electrons. The van der Waals surface area contributed by atoms with Crippen LogP contribution in [0.15, 0.2) is 28.6 Å². The number of aliphatic imine (C=N–C) groups is 1. The van der Waals surface area contributed by atoms with Crippen molar-refractivity contribution in [1.82, 2.24) is 15.6 Å². The molecule has 3 N–H and O–H groups in total. The van der Waals surface area contributed by atoms with Gasteiger partial charge in [0.15, 0.2) is 11.1 Å². The van der Waals surface area contributed by atoms with Gasteiger partial charge in [-0.2, -0.15) is 0 Å². The minimum atomic E-state index is 0.466. The number of aromatic nitrogens is 1. The van der Waals surface area contributed by atoms with Gasteiger partial charge in [-0.1, -0.05) is 18.2 Å². The van der Waals surface area contributed by atoms with Gasteiger partial charge in [-0.15, -0.1) is 11.3 Å². The second-order valence-corrected chi connectivity index (χ2v) is 6.61. The van der Waals surface area contributed by atoms with E-state index in [0.717, 1.165) is 42.5 Å². The Morgan fingerprint density at radius 3 is 2.88 bits per heavy atom. The molecule has 0 saturated carbocycles. The largest absolute Gasteiger partial charge is 0.356 e. The number of anilines is 1. The van der Waals surface area contributed by atoms with Gasteiger partial charge >= 0.3 is 0 Å². The Balaban J connectivity index is 0.000000758. The summed E-state index contributed by atoms with van der Waals surface area (Å²) in [6, 6.07) is 7.00. The average Bonchev–Trinajstić information content (AvgIpc) is 3.28. The van der Waals surface area contributed by atoms with Gasteiger partial charge in [0.2, 0.25) is 0 Å². The first-order chi connectivity index (χ1) is 12.7. The molecule has 0 amide bonds. The number of rotatable bonds is 4. The van der Waals surface area contributed by atoms with Gasteiger partial charge in [0.25, 0.3) is 0 Å². The minimum absolute atomic E-state index is 0.466. The maximum Gasteiger partial charge on any atom is 0.197 e. The molecule has 1 unspecified atom stereocenters. The number of fused-ring (bicyclic) bond motifs is 1. The number of nitrogens with one attached hydrogen (secondary N) is 3. The third-order valence-electron chi connectivity index (χ3n) is 4.19. The number of carbonyl (C=O) groups excluding carboxylic acids is 1. The van der Waals surface area contributed by atoms with Crippen molar-refractivity contribution in [2.24, 2.45) is 4.99 Å². The lowest BCUT2D eigenvalue weighted by molar-refractivity contribution is -0.106. The van der Waals surface area contributed by atoms with E-state index >= 15 is 0 Å². The monoisotopic (exact) mass is 373 g/mol. The number of hydrogen-bond acceptors (Lipinski definition) is 5. The number of nitrogens with zero attached hydrogens (tertiary/aromatic N) is 2. The molecule has 26 heavy (non-hydrogen) atoms. The van der Waals surface area contributed by atoms with Crippen molar-refractivity contribution >= 4 is 28.7 Å². The quantitative estimate of drug-likeness (QED) is 0.436. The molecular formula is C19H27N5OS. The van der Waals surface area contributed by atoms with Crippen molar-refractivity contribution in [3.8, 4) is 11.3 Å². The van der Waals surface area contributed by atoms with Crippen molar-refractivity contribution in [3.05, 3.63) is 34.7 Å². The number of benzene rings is 1. The second kappa shape index (κ2) is 10.0. The van der Waals surface area contributed by atoms with E-state index in [1.165, 1.54) is 23.6 Å². The van der Waals surface area contributed by atoms with Crippen LogP contribution in [0.3, 0.4) is 0 Å². The molecular weight excluding hydrogens is 346 g/mol. The van der Waals surface area contributed by atoms with Crippen LogP contribution in [0.5, 0.6) is 0 Å². The summed E-state index contributed by atoms with van der Waals surface area (Å²) >= 11 is 1.61. The van der Waals surface area contributed by atoms with E-state index in [1.54, 1.807) is 18.4 Å². The van der Waals surface area contributed by atoms with E-state index in [4.69, 9.17) is 9.78 Å². The zero-order chi connectivity index (χ0) is 18.9. The number of carbonyl (C=O) groups is 1. The van der Waals surface area contributed by atoms with Gasteiger partial charge < -0.3 is 20.7 Å². The highest BCUT2D eigenvalue weighted by Gasteiger charge is 2.24. The molecule has 1 aromatic carbocycles. The summed E-state index contributed by atoms with van der Waals surface area (Å²) in [6.45, 7) is 4.32. The normalized spacial score (nSPS) is 15.7. The second-order valence-electron chi connectivity index (χ2n) is 5.75. The van der Waals surface area contributed by atoms with E-state index in [0.29, 0.717) is 6.04 Å². The fourth-order valence-corrected chi connectivity index (χ4v) is 3.81. The number of aldehydes is 1. The van der Waals surface area contributed by atoms with Gasteiger partial charge in [0.1, 0.15) is 6.29 Å². The molecule has 0 saturated heterocycles. The Morgan fingerprint density at radius 2 is 2.23 bits per heavy atom. The zero-order valence-corrected chi connectivity index (χ0v) is 16.6. The molecule has 0 bridgehead atoms. The predicted octanol–water partition coefficient (Wildman–Crippen LogP) is 3.23. The molecule has 1 atom stereocenters. The summed E-state index contributed by atoms with van der Waals surface area (Å²) in [5.41, 5.74) is 5.14. The lowest BCUT2D eigenvalue weighted by atomic mass is 10.0. The summed E-state index contributed by atoms with van der Waals surface area (Å²) in [6.07, 6.45) is 3.02. The smallest absolute Gasteiger partial charge is 0.197 e. The van der Waals surface area contributed by atoms with Crippen LogP contribution in [0.2, 0.25) is 0 Å². The van der Waals surface area contributed by atoms with Crippen LogP contribution in [0.25, 0.3) is 11.3 Å². The van der Waals surface area contributed by atoms with Gasteiger partial charge in [-0.05, 0) is 44.9 Å². The van der Waals surface area contributed by atoms with Gasteiger partial charge in [0.05, 0.1) is 5.69 Å². The Hall–Kier alpha value is -2.25. The number of guanidine groups is 1. The summed E-state index contributed by atoms with van der Waals surface area (Å²) in [5, 5.41) is 12.8. The van der Waals surface area contributed by atoms with Crippen molar-refractivity contribution < 1.29 is 4.79 Å². The van der Waals surface area contributed by atoms with Crippen LogP contribution in [-0.2, 0) is 11.2 Å². The first-order valence-electron chi connectivity index (χ1n) is 8.80. The van der Waals surface area contributed by atoms with Crippen LogP contribution in [0.1, 0.15) is 37.4 Å². The van der Waals surface area contributed by atoms with Crippen molar-refractivity contribution in [1.29, 1.82) is 0 Å². The zero-order valence-electron chi connectivity index (χ0n) is 15.8. The summed E-state index contributed by atoms with van der Waals surface area (Å²) in [4.78, 5) is 17.7. The fraction of sp³-hybridized carbons (Fsp3) is 0.421. The Kier molecular flexibility index (Phi) is 7.74. The molecule has 1 aliphatic rings. The lowest BCUT2D eigenvalue weighted by Crippen LogP contribution is -2.30. The molecule has 0 spiro atoms. The maximum atomic E-state index is 8.81. The Labute approximate surface area is 159 Å². The van der Waals surface area contributed by atoms with Crippen LogP contribution in [0, 0.1) is 0 Å². The number of hydrogen-bond donors (Lipinski definition) is 3. The van der Waals surface area contributed by atoms with Crippen LogP contribution in [-0.4, -0.2) is 37.9 Å². The fourth-order valence-electron chi connectivity index (χ4n) is 3.10. The average molecular weight is 374 g/mol. The molecule has 0 aliphatic heterocycles. The topological polar surface area (TPSA) is 78.4 Å². The standard InChI is InChI=1S/C17H23N5S.C2H4O/c1-4-20-16(19-3)22-17-21-15(10-23-17)13-7-5-6-12-11(13)8-9-14(12)18-2;1-2-3/h5-7,10,14,18H,4,8-9H2,1-3H3,(H2,19,20,21,22);2H,1H3. The van der Waals surface area contributed by atoms with E-state index in [1.807, 2.05) is 14.0 Å². The minimum Gasteiger partial charge on any atom is -0.356 e. The highest BCUT2D eigenvalue weighted by atomic mass is 32.1. The van der Waals surface area contributed by atoms with Crippen LogP contribution in [0.4, 0.5) is 5.13 Å². The van der Waals surface area contributed by atoms with E-state index < -0.39 is 0 Å². The molecule has 6 nitrogen and oxygen atoms in total. The first kappa shape index (κ1) is 20.1. The van der Waals surface area contributed by atoms with Crippen LogP contribution < -0.4 is 16.0 Å². The lowest BCUT2D eigenvalue weighted by Gasteiger charge is -2.11. The van der Waals surface area contributed by atoms with Crippen molar-refractivity contribution in [2.75, 3.05) is 26.0 Å². The van der Waals surface area contributed by atoms with Crippen molar-refractivity contribution in [3.63, 3.8) is 0 Å². The Bertz CT molecular complexity index is 756. The molecule has 7 heteroatoms. The third-order valence-corrected chi connectivity index (χ3v) is 4.95. The summed E-state index contributed by atoms with van der Waals surface area (Å²) < 4.78 is 0. The number of thiazole rings is 1. The van der Waals surface area contributed by atoms with E-state index in [9.17, 15) is 0 Å². The van der Waals surface area contributed by atoms with Gasteiger partial charge in [0, 0.05) is 30.6 Å². The molecule has 1 aliphatic carbocycles. The molecule has 1 aromatic heterocycles. The molecule has 1 heterocycles. The van der Waals surface area contributed by atoms with Crippen LogP contribution >= 0.6 is 11.3 Å². The Morgan fingerprint density at radius 1 is 1.46 bits per heavy atom. The SMILES string of the molecule is CC=O.CCNC(=NC)Nc1nc(-c2cccc3c2CCC3NC)cs1. The summed E-state index contributed by atoms with van der Waals surface area (Å²) in [5.74, 6) is 0.752. The molecule has 0 fully saturated rings. The summed E-state index contributed by atoms with van der Waals surface area (Å²) in [7, 11) is 3.80. The third kappa shape index (κ3) is 4.68. The van der Waals surface area contributed by atoms with Crippen molar-refractivity contribution in [2.45, 2.75) is 32.7 Å².